The number of hydrogen-bond donors (Lipinski definition) is 1. The minimum atomic E-state index is 0. The summed E-state index contributed by atoms with van der Waals surface area (Å²) in [6, 6.07) is 34.4. The van der Waals surface area contributed by atoms with E-state index in [0.717, 1.165) is 33.4 Å². The van der Waals surface area contributed by atoms with Gasteiger partial charge in [0, 0.05) is 11.1 Å². The monoisotopic (exact) mass is 338 g/mol. The van der Waals surface area contributed by atoms with Gasteiger partial charge >= 0.3 is 0 Å². The molecule has 0 aromatic heterocycles. The minimum absolute atomic E-state index is 0. The smallest absolute Gasteiger partial charge is 0.124 e. The zero-order chi connectivity index (χ0) is 17.1. The van der Waals surface area contributed by atoms with Crippen molar-refractivity contribution in [3.05, 3.63) is 103 Å². The first-order valence-corrected chi connectivity index (χ1v) is 8.37. The van der Waals surface area contributed by atoms with Crippen LogP contribution in [-0.2, 0) is 0 Å². The number of phenolic OH excluding ortho intramolecular Hbond substituents is 1. The second kappa shape index (κ2) is 7.71. The lowest BCUT2D eigenvalue weighted by Crippen LogP contribution is -1.91. The van der Waals surface area contributed by atoms with Crippen LogP contribution in [0.1, 0.15) is 7.43 Å². The van der Waals surface area contributed by atoms with Crippen molar-refractivity contribution in [3.63, 3.8) is 0 Å². The van der Waals surface area contributed by atoms with Crippen molar-refractivity contribution in [1.29, 1.82) is 0 Å². The van der Waals surface area contributed by atoms with Crippen molar-refractivity contribution in [2.45, 2.75) is 7.43 Å². The lowest BCUT2D eigenvalue weighted by Gasteiger charge is -2.17. The molecule has 1 nitrogen and oxygen atoms in total. The molecule has 0 bridgehead atoms. The molecule has 0 heterocycles. The molecule has 0 saturated heterocycles. The van der Waals surface area contributed by atoms with Crippen LogP contribution in [0.25, 0.3) is 33.4 Å². The van der Waals surface area contributed by atoms with Gasteiger partial charge in [-0.25, -0.2) is 0 Å². The number of rotatable bonds is 3. The molecule has 1 N–H and O–H groups in total. The van der Waals surface area contributed by atoms with Crippen LogP contribution in [0.5, 0.6) is 5.75 Å². The van der Waals surface area contributed by atoms with E-state index in [0.29, 0.717) is 5.75 Å². The predicted molar refractivity (Wildman–Crippen MR) is 111 cm³/mol. The lowest BCUT2D eigenvalue weighted by molar-refractivity contribution is 0.477. The van der Waals surface area contributed by atoms with Gasteiger partial charge in [0.15, 0.2) is 0 Å². The highest BCUT2D eigenvalue weighted by Crippen LogP contribution is 2.44. The molecular formula is C25H22O. The van der Waals surface area contributed by atoms with Crippen molar-refractivity contribution in [3.8, 4) is 39.1 Å². The number of hydrogen-bond acceptors (Lipinski definition) is 1. The largest absolute Gasteiger partial charge is 0.507 e. The van der Waals surface area contributed by atoms with Crippen molar-refractivity contribution in [1.82, 2.24) is 0 Å². The van der Waals surface area contributed by atoms with Crippen LogP contribution in [0.3, 0.4) is 0 Å². The Morgan fingerprint density at radius 1 is 0.423 bits per heavy atom. The first-order valence-electron chi connectivity index (χ1n) is 8.37. The third-order valence-electron chi connectivity index (χ3n) is 4.39. The number of benzene rings is 4. The van der Waals surface area contributed by atoms with Gasteiger partial charge in [0.05, 0.1) is 0 Å². The van der Waals surface area contributed by atoms with E-state index in [4.69, 9.17) is 0 Å². The standard InChI is InChI=1S/C24H18O.CH4/c25-22-17-16-21(18-10-4-1-5-11-18)23(19-12-6-2-7-13-19)24(22)20-14-8-3-9-15-20;/h1-17,25H;1H4. The first-order chi connectivity index (χ1) is 12.3. The van der Waals surface area contributed by atoms with Gasteiger partial charge in [0.2, 0.25) is 0 Å². The van der Waals surface area contributed by atoms with Crippen LogP contribution in [0, 0.1) is 0 Å². The van der Waals surface area contributed by atoms with Crippen LogP contribution in [0.2, 0.25) is 0 Å². The van der Waals surface area contributed by atoms with Crippen molar-refractivity contribution < 1.29 is 5.11 Å². The first kappa shape index (κ1) is 17.5. The van der Waals surface area contributed by atoms with E-state index in [-0.39, 0.29) is 7.43 Å². The van der Waals surface area contributed by atoms with E-state index in [1.807, 2.05) is 72.8 Å². The summed E-state index contributed by atoms with van der Waals surface area (Å²) in [5.41, 5.74) is 6.28. The Kier molecular flexibility index (Phi) is 5.19. The maximum atomic E-state index is 10.7. The summed E-state index contributed by atoms with van der Waals surface area (Å²) < 4.78 is 0. The van der Waals surface area contributed by atoms with Gasteiger partial charge in [-0.3, -0.25) is 0 Å². The molecule has 0 unspecified atom stereocenters. The molecule has 4 aromatic rings. The zero-order valence-electron chi connectivity index (χ0n) is 13.8. The highest BCUT2D eigenvalue weighted by Gasteiger charge is 2.17. The minimum Gasteiger partial charge on any atom is -0.507 e. The molecule has 4 rings (SSSR count). The SMILES string of the molecule is C.Oc1ccc(-c2ccccc2)c(-c2ccccc2)c1-c1ccccc1. The molecule has 0 fully saturated rings. The quantitative estimate of drug-likeness (QED) is 0.425. The van der Waals surface area contributed by atoms with Gasteiger partial charge in [-0.05, 0) is 28.3 Å². The summed E-state index contributed by atoms with van der Waals surface area (Å²) in [5, 5.41) is 10.7. The molecule has 0 amide bonds. The summed E-state index contributed by atoms with van der Waals surface area (Å²) in [6.45, 7) is 0. The Balaban J connectivity index is 0.00000196. The van der Waals surface area contributed by atoms with Gasteiger partial charge in [0.1, 0.15) is 5.75 Å². The van der Waals surface area contributed by atoms with Gasteiger partial charge in [-0.2, -0.15) is 0 Å². The van der Waals surface area contributed by atoms with Crippen LogP contribution in [0.15, 0.2) is 103 Å². The molecule has 0 spiro atoms. The summed E-state index contributed by atoms with van der Waals surface area (Å²) in [6.07, 6.45) is 0. The van der Waals surface area contributed by atoms with Crippen LogP contribution < -0.4 is 0 Å². The fourth-order valence-corrected chi connectivity index (χ4v) is 3.25. The molecule has 0 radical (unpaired) electrons. The maximum absolute atomic E-state index is 10.7. The fraction of sp³-hybridized carbons (Fsp3) is 0.0400. The van der Waals surface area contributed by atoms with Crippen molar-refractivity contribution in [2.24, 2.45) is 0 Å². The molecule has 1 heteroatoms. The van der Waals surface area contributed by atoms with Crippen molar-refractivity contribution in [2.75, 3.05) is 0 Å². The van der Waals surface area contributed by atoms with E-state index < -0.39 is 0 Å². The Bertz CT molecular complexity index is 975. The molecule has 0 atom stereocenters. The van der Waals surface area contributed by atoms with E-state index in [1.165, 1.54) is 0 Å². The van der Waals surface area contributed by atoms with Crippen LogP contribution >= 0.6 is 0 Å². The Morgan fingerprint density at radius 3 is 1.35 bits per heavy atom. The third kappa shape index (κ3) is 3.25. The van der Waals surface area contributed by atoms with Crippen LogP contribution in [-0.4, -0.2) is 5.11 Å². The topological polar surface area (TPSA) is 20.2 Å². The molecular weight excluding hydrogens is 316 g/mol. The molecule has 0 aliphatic carbocycles. The van der Waals surface area contributed by atoms with Crippen molar-refractivity contribution >= 4 is 0 Å². The highest BCUT2D eigenvalue weighted by atomic mass is 16.3. The van der Waals surface area contributed by atoms with Gasteiger partial charge < -0.3 is 5.11 Å². The maximum Gasteiger partial charge on any atom is 0.124 e. The fourth-order valence-electron chi connectivity index (χ4n) is 3.25. The predicted octanol–water partition coefficient (Wildman–Crippen LogP) is 7.03. The third-order valence-corrected chi connectivity index (χ3v) is 4.39. The van der Waals surface area contributed by atoms with Gasteiger partial charge in [0.25, 0.3) is 0 Å². The molecule has 128 valence electrons. The van der Waals surface area contributed by atoms with E-state index >= 15 is 0 Å². The molecule has 26 heavy (non-hydrogen) atoms. The second-order valence-corrected chi connectivity index (χ2v) is 5.98. The average molecular weight is 338 g/mol. The second-order valence-electron chi connectivity index (χ2n) is 5.98. The molecule has 0 aliphatic rings. The molecule has 0 aliphatic heterocycles. The Morgan fingerprint density at radius 2 is 0.846 bits per heavy atom. The molecule has 0 saturated carbocycles. The molecule has 4 aromatic carbocycles. The van der Waals surface area contributed by atoms with Gasteiger partial charge in [-0.15, -0.1) is 0 Å². The average Bonchev–Trinajstić information content (AvgIpc) is 2.70. The summed E-state index contributed by atoms with van der Waals surface area (Å²) in [5.74, 6) is 0.296. The summed E-state index contributed by atoms with van der Waals surface area (Å²) >= 11 is 0. The summed E-state index contributed by atoms with van der Waals surface area (Å²) in [7, 11) is 0. The Labute approximate surface area is 155 Å². The van der Waals surface area contributed by atoms with Crippen LogP contribution in [0.4, 0.5) is 0 Å². The number of phenols is 1. The number of aromatic hydroxyl groups is 1. The van der Waals surface area contributed by atoms with E-state index in [9.17, 15) is 5.11 Å². The zero-order valence-corrected chi connectivity index (χ0v) is 13.8. The van der Waals surface area contributed by atoms with E-state index in [2.05, 4.69) is 24.3 Å². The Hall–Kier alpha value is -3.32. The van der Waals surface area contributed by atoms with E-state index in [1.54, 1.807) is 6.07 Å². The highest BCUT2D eigenvalue weighted by molar-refractivity contribution is 5.97. The lowest BCUT2D eigenvalue weighted by atomic mass is 9.87. The van der Waals surface area contributed by atoms with Gasteiger partial charge in [-0.1, -0.05) is 104 Å². The summed E-state index contributed by atoms with van der Waals surface area (Å²) in [4.78, 5) is 0. The normalized spacial score (nSPS) is 10.2.